The maximum absolute atomic E-state index is 9.59. The number of esters is 1. The molecule has 0 spiro atoms. The van der Waals surface area contributed by atoms with Gasteiger partial charge in [0.15, 0.2) is 0 Å². The Hall–Kier alpha value is -0.860. The molecule has 0 fully saturated rings. The quantitative estimate of drug-likeness (QED) is 0.385. The second-order valence-electron chi connectivity index (χ2n) is 0.931. The van der Waals surface area contributed by atoms with E-state index in [0.29, 0.717) is 0 Å². The Bertz CT molecular complexity index is 69.3. The van der Waals surface area contributed by atoms with Crippen LogP contribution in [0.4, 0.5) is 0 Å². The molecule has 0 atom stereocenters. The summed E-state index contributed by atoms with van der Waals surface area (Å²) in [5, 5.41) is 0. The van der Waals surface area contributed by atoms with Gasteiger partial charge < -0.3 is 9.53 Å². The average Bonchev–Trinajstić information content (AvgIpc) is 1.94. The van der Waals surface area contributed by atoms with Crippen LogP contribution < -0.4 is 0 Å². The van der Waals surface area contributed by atoms with E-state index in [-0.39, 0.29) is 5.97 Å². The molecular formula is C7H16O3. The molecule has 0 bridgehead atoms. The van der Waals surface area contributed by atoms with Crippen molar-refractivity contribution in [1.29, 1.82) is 0 Å². The number of methoxy groups -OCH3 is 1. The Kier molecular flexibility index (Phi) is 38.9. The summed E-state index contributed by atoms with van der Waals surface area (Å²) in [5.74, 6) is -0.245. The van der Waals surface area contributed by atoms with E-state index in [4.69, 9.17) is 4.79 Å². The molecule has 0 aromatic rings. The normalized spacial score (nSPS) is 5.30. The molecule has 10 heavy (non-hydrogen) atoms. The number of hydrogen-bond acceptors (Lipinski definition) is 3. The van der Waals surface area contributed by atoms with Crippen molar-refractivity contribution in [3.8, 4) is 0 Å². The highest BCUT2D eigenvalue weighted by atomic mass is 16.5. The van der Waals surface area contributed by atoms with Crippen LogP contribution in [0.3, 0.4) is 0 Å². The number of rotatable bonds is 0. The highest BCUT2D eigenvalue weighted by Gasteiger charge is 1.75. The summed E-state index contributed by atoms with van der Waals surface area (Å²) in [6, 6.07) is 0. The van der Waals surface area contributed by atoms with Gasteiger partial charge in [0, 0.05) is 6.92 Å². The topological polar surface area (TPSA) is 43.4 Å². The summed E-state index contributed by atoms with van der Waals surface area (Å²) in [5.41, 5.74) is 0. The third-order valence-corrected chi connectivity index (χ3v) is 0.287. The van der Waals surface area contributed by atoms with Gasteiger partial charge in [0.05, 0.1) is 7.11 Å². The van der Waals surface area contributed by atoms with E-state index in [0.717, 1.165) is 6.29 Å². The lowest BCUT2D eigenvalue weighted by molar-refractivity contribution is -0.137. The molecule has 0 aromatic carbocycles. The fourth-order valence-corrected chi connectivity index (χ4v) is 0. The Morgan fingerprint density at radius 3 is 1.50 bits per heavy atom. The van der Waals surface area contributed by atoms with E-state index < -0.39 is 0 Å². The highest BCUT2D eigenvalue weighted by molar-refractivity contribution is 5.65. The largest absolute Gasteiger partial charge is 0.469 e. The molecule has 0 aliphatic carbocycles. The Labute approximate surface area is 62.4 Å². The van der Waals surface area contributed by atoms with E-state index in [1.807, 2.05) is 13.8 Å². The number of aldehydes is 1. The molecule has 3 nitrogen and oxygen atoms in total. The number of ether oxygens (including phenoxy) is 1. The summed E-state index contributed by atoms with van der Waals surface area (Å²) < 4.78 is 4.11. The lowest BCUT2D eigenvalue weighted by Gasteiger charge is -1.80. The first-order valence-electron chi connectivity index (χ1n) is 3.13. The fraction of sp³-hybridized carbons (Fsp3) is 0.714. The highest BCUT2D eigenvalue weighted by Crippen LogP contribution is 1.60. The van der Waals surface area contributed by atoms with Gasteiger partial charge in [-0.1, -0.05) is 13.8 Å². The summed E-state index contributed by atoms with van der Waals surface area (Å²) in [4.78, 5) is 18.4. The zero-order valence-corrected chi connectivity index (χ0v) is 7.30. The van der Waals surface area contributed by atoms with E-state index >= 15 is 0 Å². The van der Waals surface area contributed by atoms with E-state index in [1.165, 1.54) is 21.0 Å². The molecule has 0 unspecified atom stereocenters. The second-order valence-corrected chi connectivity index (χ2v) is 0.931. The van der Waals surface area contributed by atoms with E-state index in [2.05, 4.69) is 4.74 Å². The molecule has 0 saturated carbocycles. The van der Waals surface area contributed by atoms with Gasteiger partial charge in [-0.15, -0.1) is 0 Å². The number of carbonyl (C=O) groups excluding carboxylic acids is 2. The monoisotopic (exact) mass is 148 g/mol. The zero-order valence-electron chi connectivity index (χ0n) is 7.30. The maximum atomic E-state index is 9.59. The second kappa shape index (κ2) is 24.2. The Morgan fingerprint density at radius 1 is 1.40 bits per heavy atom. The predicted molar refractivity (Wildman–Crippen MR) is 40.8 cm³/mol. The molecule has 0 aliphatic heterocycles. The van der Waals surface area contributed by atoms with Crippen LogP contribution in [0.1, 0.15) is 27.7 Å². The smallest absolute Gasteiger partial charge is 0.302 e. The molecule has 0 amide bonds. The Balaban J connectivity index is -0.0000000847. The first-order valence-corrected chi connectivity index (χ1v) is 3.13. The van der Waals surface area contributed by atoms with E-state index in [1.54, 1.807) is 0 Å². The van der Waals surface area contributed by atoms with Crippen LogP contribution in [-0.2, 0) is 14.3 Å². The molecule has 0 heterocycles. The number of carbonyl (C=O) groups is 2. The van der Waals surface area contributed by atoms with Crippen molar-refractivity contribution in [3.63, 3.8) is 0 Å². The van der Waals surface area contributed by atoms with Gasteiger partial charge in [0.1, 0.15) is 6.29 Å². The van der Waals surface area contributed by atoms with Crippen molar-refractivity contribution < 1.29 is 14.3 Å². The van der Waals surface area contributed by atoms with Crippen molar-refractivity contribution in [2.24, 2.45) is 0 Å². The fourth-order valence-electron chi connectivity index (χ4n) is 0. The molecular weight excluding hydrogens is 132 g/mol. The molecule has 0 rings (SSSR count). The SMILES string of the molecule is CC.CC=O.COC(C)=O. The Morgan fingerprint density at radius 2 is 1.50 bits per heavy atom. The van der Waals surface area contributed by atoms with Crippen molar-refractivity contribution in [2.75, 3.05) is 7.11 Å². The van der Waals surface area contributed by atoms with E-state index in [9.17, 15) is 4.79 Å². The van der Waals surface area contributed by atoms with Gasteiger partial charge in [-0.05, 0) is 6.92 Å². The molecule has 0 aliphatic rings. The van der Waals surface area contributed by atoms with Gasteiger partial charge in [-0.2, -0.15) is 0 Å². The third-order valence-electron chi connectivity index (χ3n) is 0.287. The molecule has 3 heteroatoms. The summed E-state index contributed by atoms with van der Waals surface area (Å²) >= 11 is 0. The zero-order chi connectivity index (χ0) is 8.99. The molecule has 0 aromatic heterocycles. The van der Waals surface area contributed by atoms with Gasteiger partial charge >= 0.3 is 5.97 Å². The average molecular weight is 148 g/mol. The minimum absolute atomic E-state index is 0.245. The number of hydrogen-bond donors (Lipinski definition) is 0. The first kappa shape index (κ1) is 16.1. The van der Waals surface area contributed by atoms with Crippen molar-refractivity contribution in [1.82, 2.24) is 0 Å². The van der Waals surface area contributed by atoms with Crippen LogP contribution in [0, 0.1) is 0 Å². The lowest BCUT2D eigenvalue weighted by Crippen LogP contribution is -1.88. The van der Waals surface area contributed by atoms with Crippen molar-refractivity contribution >= 4 is 12.3 Å². The van der Waals surface area contributed by atoms with Gasteiger partial charge in [-0.25, -0.2) is 0 Å². The van der Waals surface area contributed by atoms with Crippen molar-refractivity contribution in [3.05, 3.63) is 0 Å². The summed E-state index contributed by atoms with van der Waals surface area (Å²) in [6.07, 6.45) is 0.750. The lowest BCUT2D eigenvalue weighted by atomic mass is 10.8. The molecule has 0 saturated heterocycles. The van der Waals surface area contributed by atoms with Gasteiger partial charge in [-0.3, -0.25) is 4.79 Å². The van der Waals surface area contributed by atoms with Crippen LogP contribution in [0.25, 0.3) is 0 Å². The van der Waals surface area contributed by atoms with Gasteiger partial charge in [0.2, 0.25) is 0 Å². The van der Waals surface area contributed by atoms with Crippen molar-refractivity contribution in [2.45, 2.75) is 27.7 Å². The summed E-state index contributed by atoms with van der Waals surface area (Å²) in [6.45, 7) is 6.81. The molecule has 0 radical (unpaired) electrons. The molecule has 62 valence electrons. The van der Waals surface area contributed by atoms with Crippen LogP contribution in [0.15, 0.2) is 0 Å². The van der Waals surface area contributed by atoms with Crippen LogP contribution in [0.5, 0.6) is 0 Å². The minimum atomic E-state index is -0.245. The van der Waals surface area contributed by atoms with Crippen LogP contribution >= 0.6 is 0 Å². The first-order chi connectivity index (χ1) is 4.68. The predicted octanol–water partition coefficient (Wildman–Crippen LogP) is 1.41. The summed E-state index contributed by atoms with van der Waals surface area (Å²) in [7, 11) is 1.35. The van der Waals surface area contributed by atoms with Crippen LogP contribution in [0.2, 0.25) is 0 Å². The van der Waals surface area contributed by atoms with Crippen LogP contribution in [-0.4, -0.2) is 19.4 Å². The maximum Gasteiger partial charge on any atom is 0.302 e. The minimum Gasteiger partial charge on any atom is -0.469 e. The van der Waals surface area contributed by atoms with Gasteiger partial charge in [0.25, 0.3) is 0 Å². The third kappa shape index (κ3) is 207. The standard InChI is InChI=1S/C3H6O2.C2H4O.C2H6/c1-3(4)5-2;1-2-3;1-2/h1-2H3;2H,1H3;1-2H3. The molecule has 0 N–H and O–H groups in total.